The van der Waals surface area contributed by atoms with Crippen LogP contribution in [0.25, 0.3) is 11.5 Å². The van der Waals surface area contributed by atoms with Crippen molar-refractivity contribution in [1.29, 1.82) is 0 Å². The average molecular weight is 312 g/mol. The Morgan fingerprint density at radius 3 is 2.45 bits per heavy atom. The Morgan fingerprint density at radius 2 is 1.77 bits per heavy atom. The summed E-state index contributed by atoms with van der Waals surface area (Å²) in [5.74, 6) is 2.20. The molecule has 5 heteroatoms. The Labute approximate surface area is 133 Å². The number of rotatable bonds is 5. The van der Waals surface area contributed by atoms with Gasteiger partial charge >= 0.3 is 0 Å². The van der Waals surface area contributed by atoms with Crippen molar-refractivity contribution < 1.29 is 9.26 Å². The molecule has 3 aromatic rings. The zero-order valence-corrected chi connectivity index (χ0v) is 13.3. The van der Waals surface area contributed by atoms with Gasteiger partial charge in [0.1, 0.15) is 5.75 Å². The Balaban J connectivity index is 1.65. The molecule has 1 aromatic heterocycles. The molecule has 0 saturated carbocycles. The third-order valence-corrected chi connectivity index (χ3v) is 4.13. The molecule has 4 nitrogen and oxygen atoms in total. The second kappa shape index (κ2) is 6.66. The minimum atomic E-state index is 0.553. The van der Waals surface area contributed by atoms with Crippen molar-refractivity contribution in [3.8, 4) is 17.2 Å². The molecule has 22 heavy (non-hydrogen) atoms. The van der Waals surface area contributed by atoms with Crippen molar-refractivity contribution in [3.05, 3.63) is 59.7 Å². The van der Waals surface area contributed by atoms with Gasteiger partial charge in [0, 0.05) is 11.3 Å². The maximum absolute atomic E-state index is 5.31. The number of methoxy groups -OCH3 is 1. The first-order valence-electron chi connectivity index (χ1n) is 6.91. The van der Waals surface area contributed by atoms with Crippen LogP contribution in [0.15, 0.2) is 58.2 Å². The molecule has 2 aromatic carbocycles. The zero-order valence-electron chi connectivity index (χ0n) is 12.4. The number of thioether (sulfide) groups is 1. The molecule has 0 N–H and O–H groups in total. The number of ether oxygens (including phenoxy) is 1. The van der Waals surface area contributed by atoms with Gasteiger partial charge in [-0.25, -0.2) is 0 Å². The van der Waals surface area contributed by atoms with E-state index in [1.807, 2.05) is 55.5 Å². The van der Waals surface area contributed by atoms with Crippen LogP contribution < -0.4 is 4.74 Å². The maximum Gasteiger partial charge on any atom is 0.258 e. The summed E-state index contributed by atoms with van der Waals surface area (Å²) in [6.07, 6.45) is 0. The SMILES string of the molecule is COc1ccc(CSc2noc(-c3ccc(C)cc3)n2)cc1. The summed E-state index contributed by atoms with van der Waals surface area (Å²) in [5, 5.41) is 4.66. The highest BCUT2D eigenvalue weighted by Crippen LogP contribution is 2.25. The molecule has 0 fully saturated rings. The molecule has 0 spiro atoms. The molecule has 0 aliphatic rings. The van der Waals surface area contributed by atoms with E-state index in [1.165, 1.54) is 11.1 Å². The highest BCUT2D eigenvalue weighted by molar-refractivity contribution is 7.98. The summed E-state index contributed by atoms with van der Waals surface area (Å²) in [5.41, 5.74) is 3.33. The van der Waals surface area contributed by atoms with E-state index in [4.69, 9.17) is 9.26 Å². The molecule has 0 bridgehead atoms. The second-order valence-electron chi connectivity index (χ2n) is 4.88. The molecule has 0 radical (unpaired) electrons. The number of hydrogen-bond acceptors (Lipinski definition) is 5. The topological polar surface area (TPSA) is 48.2 Å². The van der Waals surface area contributed by atoms with Gasteiger partial charge in [-0.2, -0.15) is 4.98 Å². The predicted molar refractivity (Wildman–Crippen MR) is 87.0 cm³/mol. The van der Waals surface area contributed by atoms with E-state index in [9.17, 15) is 0 Å². The molecule has 0 saturated heterocycles. The lowest BCUT2D eigenvalue weighted by atomic mass is 10.1. The van der Waals surface area contributed by atoms with Crippen molar-refractivity contribution in [3.63, 3.8) is 0 Å². The van der Waals surface area contributed by atoms with Crippen molar-refractivity contribution in [2.45, 2.75) is 17.8 Å². The van der Waals surface area contributed by atoms with Gasteiger partial charge in [-0.15, -0.1) is 0 Å². The molecule has 0 atom stereocenters. The first-order valence-corrected chi connectivity index (χ1v) is 7.89. The minimum absolute atomic E-state index is 0.553. The van der Waals surface area contributed by atoms with Gasteiger partial charge in [-0.3, -0.25) is 0 Å². The first-order chi connectivity index (χ1) is 10.7. The van der Waals surface area contributed by atoms with Crippen molar-refractivity contribution in [1.82, 2.24) is 10.1 Å². The molecule has 0 aliphatic carbocycles. The number of nitrogens with zero attached hydrogens (tertiary/aromatic N) is 2. The fraction of sp³-hybridized carbons (Fsp3) is 0.176. The fourth-order valence-corrected chi connectivity index (χ4v) is 2.68. The predicted octanol–water partition coefficient (Wildman–Crippen LogP) is 4.35. The highest BCUT2D eigenvalue weighted by Gasteiger charge is 2.09. The second-order valence-corrected chi connectivity index (χ2v) is 5.83. The van der Waals surface area contributed by atoms with Gasteiger partial charge in [0.25, 0.3) is 5.89 Å². The van der Waals surface area contributed by atoms with Crippen LogP contribution >= 0.6 is 11.8 Å². The average Bonchev–Trinajstić information content (AvgIpc) is 3.03. The lowest BCUT2D eigenvalue weighted by Crippen LogP contribution is -1.85. The maximum atomic E-state index is 5.31. The van der Waals surface area contributed by atoms with E-state index >= 15 is 0 Å². The fourth-order valence-electron chi connectivity index (χ4n) is 1.95. The summed E-state index contributed by atoms with van der Waals surface area (Å²) in [6, 6.07) is 16.0. The molecule has 112 valence electrons. The highest BCUT2D eigenvalue weighted by atomic mass is 32.2. The molecule has 1 heterocycles. The van der Waals surface area contributed by atoms with Gasteiger partial charge in [0.15, 0.2) is 0 Å². The smallest absolute Gasteiger partial charge is 0.258 e. The van der Waals surface area contributed by atoms with Crippen molar-refractivity contribution >= 4 is 11.8 Å². The van der Waals surface area contributed by atoms with Crippen LogP contribution in [0.1, 0.15) is 11.1 Å². The molecular weight excluding hydrogens is 296 g/mol. The van der Waals surface area contributed by atoms with E-state index in [0.29, 0.717) is 11.0 Å². The molecular formula is C17H16N2O2S. The van der Waals surface area contributed by atoms with Crippen LogP contribution in [-0.4, -0.2) is 17.3 Å². The van der Waals surface area contributed by atoms with E-state index < -0.39 is 0 Å². The zero-order chi connectivity index (χ0) is 15.4. The lowest BCUT2D eigenvalue weighted by Gasteiger charge is -2.01. The van der Waals surface area contributed by atoms with Crippen LogP contribution in [0.2, 0.25) is 0 Å². The molecule has 0 aliphatic heterocycles. The normalized spacial score (nSPS) is 10.6. The van der Waals surface area contributed by atoms with E-state index in [2.05, 4.69) is 10.1 Å². The van der Waals surface area contributed by atoms with Crippen LogP contribution in [0.5, 0.6) is 5.75 Å². The Kier molecular flexibility index (Phi) is 4.44. The van der Waals surface area contributed by atoms with Gasteiger partial charge in [-0.1, -0.05) is 41.6 Å². The Hall–Kier alpha value is -2.27. The summed E-state index contributed by atoms with van der Waals surface area (Å²) in [4.78, 5) is 4.42. The van der Waals surface area contributed by atoms with Crippen LogP contribution in [0.4, 0.5) is 0 Å². The summed E-state index contributed by atoms with van der Waals surface area (Å²) >= 11 is 1.55. The summed E-state index contributed by atoms with van der Waals surface area (Å²) in [7, 11) is 1.66. The number of aryl methyl sites for hydroxylation is 1. The monoisotopic (exact) mass is 312 g/mol. The molecule has 0 unspecified atom stereocenters. The van der Waals surface area contributed by atoms with Gasteiger partial charge < -0.3 is 9.26 Å². The van der Waals surface area contributed by atoms with Gasteiger partial charge in [0.2, 0.25) is 5.16 Å². The Morgan fingerprint density at radius 1 is 1.05 bits per heavy atom. The van der Waals surface area contributed by atoms with Crippen LogP contribution in [-0.2, 0) is 5.75 Å². The third-order valence-electron chi connectivity index (χ3n) is 3.23. The third kappa shape index (κ3) is 3.49. The van der Waals surface area contributed by atoms with Crippen molar-refractivity contribution in [2.75, 3.05) is 7.11 Å². The van der Waals surface area contributed by atoms with Crippen molar-refractivity contribution in [2.24, 2.45) is 0 Å². The standard InChI is InChI=1S/C17H16N2O2S/c1-12-3-7-14(8-4-12)16-18-17(19-21-16)22-11-13-5-9-15(20-2)10-6-13/h3-10H,11H2,1-2H3. The lowest BCUT2D eigenvalue weighted by molar-refractivity contribution is 0.414. The minimum Gasteiger partial charge on any atom is -0.497 e. The quantitative estimate of drug-likeness (QED) is 0.656. The van der Waals surface area contributed by atoms with Crippen LogP contribution in [0.3, 0.4) is 0 Å². The van der Waals surface area contributed by atoms with E-state index in [0.717, 1.165) is 17.1 Å². The number of benzene rings is 2. The molecule has 0 amide bonds. The number of hydrogen-bond donors (Lipinski definition) is 0. The first kappa shape index (κ1) is 14.7. The summed E-state index contributed by atoms with van der Waals surface area (Å²) in [6.45, 7) is 2.05. The van der Waals surface area contributed by atoms with Gasteiger partial charge in [-0.05, 0) is 41.9 Å². The van der Waals surface area contributed by atoms with E-state index in [-0.39, 0.29) is 0 Å². The van der Waals surface area contributed by atoms with E-state index in [1.54, 1.807) is 18.9 Å². The summed E-state index contributed by atoms with van der Waals surface area (Å²) < 4.78 is 10.5. The van der Waals surface area contributed by atoms with Gasteiger partial charge in [0.05, 0.1) is 7.11 Å². The molecule has 3 rings (SSSR count). The largest absolute Gasteiger partial charge is 0.497 e. The van der Waals surface area contributed by atoms with Crippen LogP contribution in [0, 0.1) is 6.92 Å². The Bertz CT molecular complexity index is 736. The number of aromatic nitrogens is 2.